The Morgan fingerprint density at radius 2 is 1.76 bits per heavy atom. The molecule has 300 valence electrons. The summed E-state index contributed by atoms with van der Waals surface area (Å²) in [5.74, 6) is -1.26. The van der Waals surface area contributed by atoms with Crippen molar-refractivity contribution in [3.05, 3.63) is 89.7 Å². The average Bonchev–Trinajstić information content (AvgIpc) is 4.04. The summed E-state index contributed by atoms with van der Waals surface area (Å²) in [5, 5.41) is 10.9. The molecule has 17 nitrogen and oxygen atoms in total. The number of piperidine rings is 1. The molecule has 0 radical (unpaired) electrons. The van der Waals surface area contributed by atoms with Gasteiger partial charge in [-0.25, -0.2) is 8.42 Å². The summed E-state index contributed by atoms with van der Waals surface area (Å²) in [7, 11) is -2.54. The Balaban J connectivity index is 0.818. The SMILES string of the molecule is COc1cc(Cn2cccn2)cc2onc(NS(=O)(=O)c3cccc(N4CCN(CC5CCN(c6cccc7c6C(=O)N(C6CCC(=O)NC6=O)C7=O)C5)CC4)c3)c12. The average molecular weight is 808 g/mol. The Kier molecular flexibility index (Phi) is 9.59. The van der Waals surface area contributed by atoms with E-state index < -0.39 is 39.7 Å². The van der Waals surface area contributed by atoms with Crippen molar-refractivity contribution in [3.8, 4) is 5.75 Å². The minimum absolute atomic E-state index is 0.0351. The van der Waals surface area contributed by atoms with Crippen molar-refractivity contribution >= 4 is 61.8 Å². The van der Waals surface area contributed by atoms with Crippen molar-refractivity contribution in [1.29, 1.82) is 0 Å². The maximum absolute atomic E-state index is 13.7. The van der Waals surface area contributed by atoms with Crippen LogP contribution in [-0.4, -0.2) is 116 Å². The van der Waals surface area contributed by atoms with Crippen LogP contribution in [0.15, 0.2) is 82.5 Å². The summed E-state index contributed by atoms with van der Waals surface area (Å²) in [5.41, 5.74) is 3.31. The van der Waals surface area contributed by atoms with Crippen molar-refractivity contribution in [2.75, 3.05) is 67.4 Å². The first-order chi connectivity index (χ1) is 28.1. The highest BCUT2D eigenvalue weighted by molar-refractivity contribution is 7.92. The summed E-state index contributed by atoms with van der Waals surface area (Å²) in [6.07, 6.45) is 4.62. The molecule has 2 unspecified atom stereocenters. The Bertz CT molecular complexity index is 2550. The third-order valence-corrected chi connectivity index (χ3v) is 12.7. The number of amides is 4. The quantitative estimate of drug-likeness (QED) is 0.185. The maximum atomic E-state index is 13.7. The van der Waals surface area contributed by atoms with E-state index in [0.29, 0.717) is 60.1 Å². The van der Waals surface area contributed by atoms with E-state index in [1.807, 2.05) is 30.5 Å². The third kappa shape index (κ3) is 6.91. The van der Waals surface area contributed by atoms with Crippen LogP contribution in [0, 0.1) is 5.92 Å². The fourth-order valence-electron chi connectivity index (χ4n) is 8.54. The van der Waals surface area contributed by atoms with Gasteiger partial charge >= 0.3 is 0 Å². The molecule has 58 heavy (non-hydrogen) atoms. The highest BCUT2D eigenvalue weighted by atomic mass is 32.2. The molecule has 3 saturated heterocycles. The van der Waals surface area contributed by atoms with Gasteiger partial charge in [0.1, 0.15) is 17.2 Å². The van der Waals surface area contributed by atoms with Crippen molar-refractivity contribution in [2.24, 2.45) is 5.92 Å². The summed E-state index contributed by atoms with van der Waals surface area (Å²) in [6.45, 7) is 5.74. The minimum atomic E-state index is -4.05. The minimum Gasteiger partial charge on any atom is -0.496 e. The Labute approximate surface area is 333 Å². The number of rotatable bonds is 11. The summed E-state index contributed by atoms with van der Waals surface area (Å²) in [6, 6.07) is 16.5. The Morgan fingerprint density at radius 3 is 2.53 bits per heavy atom. The molecule has 6 heterocycles. The number of imide groups is 2. The number of anilines is 3. The fourth-order valence-corrected chi connectivity index (χ4v) is 9.59. The van der Waals surface area contributed by atoms with Gasteiger partial charge in [-0.2, -0.15) is 5.10 Å². The zero-order valence-electron chi connectivity index (χ0n) is 31.7. The molecule has 9 rings (SSSR count). The molecule has 2 atom stereocenters. The summed E-state index contributed by atoms with van der Waals surface area (Å²) >= 11 is 0. The number of sulfonamides is 1. The third-order valence-electron chi connectivity index (χ3n) is 11.4. The number of piperazine rings is 1. The van der Waals surface area contributed by atoms with E-state index in [1.54, 1.807) is 47.3 Å². The number of benzene rings is 3. The smallest absolute Gasteiger partial charge is 0.264 e. The highest BCUT2D eigenvalue weighted by Crippen LogP contribution is 2.38. The second-order valence-corrected chi connectivity index (χ2v) is 16.7. The molecule has 4 aliphatic heterocycles. The molecule has 4 aliphatic rings. The zero-order valence-corrected chi connectivity index (χ0v) is 32.5. The van der Waals surface area contributed by atoms with Crippen LogP contribution in [0.1, 0.15) is 45.5 Å². The first-order valence-electron chi connectivity index (χ1n) is 19.2. The Hall–Kier alpha value is -6.27. The number of nitrogens with zero attached hydrogens (tertiary/aromatic N) is 7. The van der Waals surface area contributed by atoms with Crippen LogP contribution in [0.25, 0.3) is 11.0 Å². The summed E-state index contributed by atoms with van der Waals surface area (Å²) < 4.78 is 42.9. The van der Waals surface area contributed by atoms with E-state index in [1.165, 1.54) is 7.11 Å². The fraction of sp³-hybridized carbons (Fsp3) is 0.350. The predicted octanol–water partition coefficient (Wildman–Crippen LogP) is 2.93. The highest BCUT2D eigenvalue weighted by Gasteiger charge is 2.46. The second kappa shape index (κ2) is 14.9. The molecule has 2 aromatic heterocycles. The number of carbonyl (C=O) groups is 4. The number of hydrogen-bond acceptors (Lipinski definition) is 13. The Morgan fingerprint density at radius 1 is 0.931 bits per heavy atom. The largest absolute Gasteiger partial charge is 0.496 e. The van der Waals surface area contributed by atoms with Crippen LogP contribution in [0.4, 0.5) is 17.2 Å². The molecule has 4 amide bonds. The number of ether oxygens (including phenoxy) is 1. The number of fused-ring (bicyclic) bond motifs is 2. The number of methoxy groups -OCH3 is 1. The van der Waals surface area contributed by atoms with Gasteiger partial charge in [0.15, 0.2) is 11.4 Å². The number of hydrogen-bond donors (Lipinski definition) is 2. The molecule has 0 saturated carbocycles. The van der Waals surface area contributed by atoms with Gasteiger partial charge in [-0.1, -0.05) is 17.3 Å². The van der Waals surface area contributed by atoms with Gasteiger partial charge in [-0.15, -0.1) is 0 Å². The monoisotopic (exact) mass is 807 g/mol. The van der Waals surface area contributed by atoms with E-state index in [9.17, 15) is 27.6 Å². The molecule has 3 fully saturated rings. The van der Waals surface area contributed by atoms with Gasteiger partial charge < -0.3 is 19.1 Å². The molecule has 5 aromatic rings. The normalized spacial score (nSPS) is 20.3. The first-order valence-corrected chi connectivity index (χ1v) is 20.7. The number of nitrogens with one attached hydrogen (secondary N) is 2. The lowest BCUT2D eigenvalue weighted by atomic mass is 10.0. The zero-order chi connectivity index (χ0) is 40.1. The van der Waals surface area contributed by atoms with Crippen LogP contribution in [0.3, 0.4) is 0 Å². The van der Waals surface area contributed by atoms with Gasteiger partial charge in [0.2, 0.25) is 11.8 Å². The van der Waals surface area contributed by atoms with Crippen LogP contribution < -0.4 is 24.6 Å². The maximum Gasteiger partial charge on any atom is 0.264 e. The van der Waals surface area contributed by atoms with Gasteiger partial charge in [0, 0.05) is 70.3 Å². The molecule has 2 N–H and O–H groups in total. The molecular weight excluding hydrogens is 767 g/mol. The van der Waals surface area contributed by atoms with Crippen LogP contribution in [0.2, 0.25) is 0 Å². The van der Waals surface area contributed by atoms with Crippen molar-refractivity contribution in [1.82, 2.24) is 30.1 Å². The lowest BCUT2D eigenvalue weighted by Crippen LogP contribution is -2.54. The van der Waals surface area contributed by atoms with E-state index in [4.69, 9.17) is 9.26 Å². The van der Waals surface area contributed by atoms with E-state index in [2.05, 4.69) is 35.0 Å². The molecule has 0 bridgehead atoms. The van der Waals surface area contributed by atoms with E-state index in [0.717, 1.165) is 48.8 Å². The molecule has 0 aliphatic carbocycles. The van der Waals surface area contributed by atoms with Gasteiger partial charge in [0.25, 0.3) is 21.8 Å². The molecule has 0 spiro atoms. The van der Waals surface area contributed by atoms with Gasteiger partial charge in [-0.3, -0.25) is 43.7 Å². The van der Waals surface area contributed by atoms with Crippen molar-refractivity contribution < 1.29 is 36.9 Å². The van der Waals surface area contributed by atoms with Gasteiger partial charge in [0.05, 0.1) is 35.4 Å². The van der Waals surface area contributed by atoms with E-state index in [-0.39, 0.29) is 29.1 Å². The first kappa shape index (κ1) is 37.3. The predicted molar refractivity (Wildman–Crippen MR) is 211 cm³/mol. The molecular formula is C40H41N9O8S. The van der Waals surface area contributed by atoms with Crippen molar-refractivity contribution in [3.63, 3.8) is 0 Å². The molecule has 3 aromatic carbocycles. The van der Waals surface area contributed by atoms with E-state index >= 15 is 0 Å². The topological polar surface area (TPSA) is 193 Å². The van der Waals surface area contributed by atoms with Crippen LogP contribution in [-0.2, 0) is 26.2 Å². The number of aromatic nitrogens is 3. The summed E-state index contributed by atoms with van der Waals surface area (Å²) in [4.78, 5) is 59.2. The lowest BCUT2D eigenvalue weighted by molar-refractivity contribution is -0.136. The van der Waals surface area contributed by atoms with Crippen LogP contribution in [0.5, 0.6) is 5.75 Å². The van der Waals surface area contributed by atoms with Crippen molar-refractivity contribution in [2.45, 2.75) is 36.7 Å². The second-order valence-electron chi connectivity index (χ2n) is 15.0. The lowest BCUT2D eigenvalue weighted by Gasteiger charge is -2.37. The standard InChI is InChI=1S/C40H41N9O8S/c1-56-32-19-26(24-48-13-4-12-41-48)20-33-36(32)37(43-57-33)44-58(54,55)28-6-2-5-27(21-28)46-17-15-45(16-18-46)22-25-11-14-47(23-25)30-8-3-7-29-35(30)40(53)49(39(29)52)31-9-10-34(50)42-38(31)51/h2-8,12-13,19-21,25,31H,9-11,14-18,22-24H2,1H3,(H,43,44)(H,42,50,51). The van der Waals surface area contributed by atoms with Gasteiger partial charge in [-0.05, 0) is 72.9 Å². The molecule has 18 heteroatoms. The number of carbonyl (C=O) groups excluding carboxylic acids is 4. The van der Waals surface area contributed by atoms with Crippen LogP contribution >= 0.6 is 0 Å².